The van der Waals surface area contributed by atoms with E-state index in [0.717, 1.165) is 6.07 Å². The number of rotatable bonds is 1. The van der Waals surface area contributed by atoms with Crippen molar-refractivity contribution >= 4 is 21.6 Å². The van der Waals surface area contributed by atoms with Crippen LogP contribution in [0.2, 0.25) is 0 Å². The molecule has 0 heterocycles. The molecule has 0 saturated heterocycles. The van der Waals surface area contributed by atoms with Gasteiger partial charge in [-0.25, -0.2) is 9.60 Å². The van der Waals surface area contributed by atoms with E-state index < -0.39 is 11.0 Å². The standard InChI is InChI=1S/C6H5BrFNO2/c7-4-1-2-5(8)6(3-4)9(10)11/h1-3,9-10H. The van der Waals surface area contributed by atoms with E-state index in [0.29, 0.717) is 4.47 Å². The molecule has 1 aromatic rings. The molecule has 0 bridgehead atoms. The lowest BCUT2D eigenvalue weighted by Crippen LogP contribution is -2.99. The van der Waals surface area contributed by atoms with Crippen LogP contribution in [0.3, 0.4) is 0 Å². The normalized spacial score (nSPS) is 13.1. The number of benzene rings is 1. The fourth-order valence-corrected chi connectivity index (χ4v) is 1.02. The van der Waals surface area contributed by atoms with E-state index in [1.807, 2.05) is 0 Å². The Kier molecular flexibility index (Phi) is 2.56. The molecule has 0 aliphatic heterocycles. The Hall–Kier alpha value is -0.490. The molecule has 3 nitrogen and oxygen atoms in total. The van der Waals surface area contributed by atoms with Crippen LogP contribution in [0.5, 0.6) is 0 Å². The lowest BCUT2D eigenvalue weighted by Gasteiger charge is -2.11. The monoisotopic (exact) mass is 221 g/mol. The summed E-state index contributed by atoms with van der Waals surface area (Å²) in [5.74, 6) is -0.722. The Bertz CT molecular complexity index is 267. The average Bonchev–Trinajstić information content (AvgIpc) is 1.94. The van der Waals surface area contributed by atoms with Crippen molar-refractivity contribution in [1.82, 2.24) is 0 Å². The van der Waals surface area contributed by atoms with Crippen LogP contribution in [0, 0.1) is 11.0 Å². The fourth-order valence-electron chi connectivity index (χ4n) is 0.661. The first kappa shape index (κ1) is 8.61. The third-order valence-corrected chi connectivity index (χ3v) is 1.65. The zero-order valence-electron chi connectivity index (χ0n) is 5.34. The topological polar surface area (TPSA) is 47.7 Å². The van der Waals surface area contributed by atoms with Gasteiger partial charge in [0.2, 0.25) is 5.69 Å². The van der Waals surface area contributed by atoms with Crippen LogP contribution in [-0.2, 0) is 0 Å². The van der Waals surface area contributed by atoms with Crippen LogP contribution in [0.25, 0.3) is 0 Å². The van der Waals surface area contributed by atoms with Crippen molar-refractivity contribution in [3.63, 3.8) is 0 Å². The van der Waals surface area contributed by atoms with Gasteiger partial charge in [0.05, 0.1) is 0 Å². The Morgan fingerprint density at radius 2 is 2.18 bits per heavy atom. The van der Waals surface area contributed by atoms with Crippen molar-refractivity contribution in [1.29, 1.82) is 0 Å². The maximum Gasteiger partial charge on any atom is 0.200 e. The summed E-state index contributed by atoms with van der Waals surface area (Å²) in [5, 5.41) is 17.5. The molecule has 0 amide bonds. The summed E-state index contributed by atoms with van der Waals surface area (Å²) in [6.07, 6.45) is 0. The second-order valence-electron chi connectivity index (χ2n) is 1.93. The smallest absolute Gasteiger partial charge is 0.200 e. The molecule has 11 heavy (non-hydrogen) atoms. The van der Waals surface area contributed by atoms with Crippen molar-refractivity contribution in [2.45, 2.75) is 0 Å². The summed E-state index contributed by atoms with van der Waals surface area (Å²) in [5.41, 5.74) is -0.320. The molecule has 1 atom stereocenters. The Labute approximate surface area is 70.7 Å². The van der Waals surface area contributed by atoms with E-state index in [2.05, 4.69) is 15.9 Å². The lowest BCUT2D eigenvalue weighted by atomic mass is 10.3. The number of hydrogen-bond donors (Lipinski definition) is 2. The van der Waals surface area contributed by atoms with Crippen LogP contribution in [0.4, 0.5) is 10.1 Å². The lowest BCUT2D eigenvalue weighted by molar-refractivity contribution is -0.992. The van der Waals surface area contributed by atoms with Crippen LogP contribution in [-0.4, -0.2) is 5.21 Å². The molecule has 0 radical (unpaired) electrons. The maximum absolute atomic E-state index is 12.6. The van der Waals surface area contributed by atoms with Gasteiger partial charge in [0.15, 0.2) is 5.82 Å². The highest BCUT2D eigenvalue weighted by Gasteiger charge is 2.07. The van der Waals surface area contributed by atoms with Gasteiger partial charge in [-0.05, 0) is 12.1 Å². The molecule has 0 aliphatic rings. The molecule has 0 spiro atoms. The van der Waals surface area contributed by atoms with Gasteiger partial charge < -0.3 is 5.21 Å². The Morgan fingerprint density at radius 1 is 1.55 bits per heavy atom. The third-order valence-electron chi connectivity index (χ3n) is 1.16. The summed E-state index contributed by atoms with van der Waals surface area (Å²) < 4.78 is 13.2. The first-order chi connectivity index (χ1) is 5.11. The summed E-state index contributed by atoms with van der Waals surface area (Å²) in [7, 11) is 0. The Balaban J connectivity index is 3.13. The molecule has 0 aliphatic carbocycles. The zero-order valence-corrected chi connectivity index (χ0v) is 6.93. The first-order valence-electron chi connectivity index (χ1n) is 2.79. The molecule has 0 aromatic heterocycles. The first-order valence-corrected chi connectivity index (χ1v) is 3.59. The van der Waals surface area contributed by atoms with E-state index in [1.165, 1.54) is 12.1 Å². The van der Waals surface area contributed by atoms with Gasteiger partial charge in [0.1, 0.15) is 0 Å². The molecular formula is C6H5BrFNO2. The molecule has 2 N–H and O–H groups in total. The molecule has 1 unspecified atom stereocenters. The van der Waals surface area contributed by atoms with Crippen LogP contribution in [0.1, 0.15) is 0 Å². The minimum atomic E-state index is -1.26. The Morgan fingerprint density at radius 3 is 2.64 bits per heavy atom. The zero-order chi connectivity index (χ0) is 8.43. The van der Waals surface area contributed by atoms with Crippen LogP contribution >= 0.6 is 15.9 Å². The second-order valence-corrected chi connectivity index (χ2v) is 2.84. The van der Waals surface area contributed by atoms with Crippen molar-refractivity contribution in [3.8, 4) is 0 Å². The van der Waals surface area contributed by atoms with Crippen LogP contribution in [0.15, 0.2) is 22.7 Å². The fraction of sp³-hybridized carbons (Fsp3) is 0. The molecule has 5 heteroatoms. The number of quaternary nitrogens is 1. The van der Waals surface area contributed by atoms with Crippen molar-refractivity contribution in [2.75, 3.05) is 0 Å². The predicted molar refractivity (Wildman–Crippen MR) is 39.9 cm³/mol. The van der Waals surface area contributed by atoms with Crippen molar-refractivity contribution in [2.24, 2.45) is 0 Å². The summed E-state index contributed by atoms with van der Waals surface area (Å²) >= 11 is 3.03. The predicted octanol–water partition coefficient (Wildman–Crippen LogP) is 0.992. The minimum Gasteiger partial charge on any atom is -0.595 e. The third kappa shape index (κ3) is 1.97. The van der Waals surface area contributed by atoms with Crippen LogP contribution < -0.4 is 5.23 Å². The van der Waals surface area contributed by atoms with Gasteiger partial charge in [-0.3, -0.25) is 0 Å². The molecule has 60 valence electrons. The highest BCUT2D eigenvalue weighted by Crippen LogP contribution is 2.16. The minimum absolute atomic E-state index is 0.320. The molecule has 0 saturated carbocycles. The summed E-state index contributed by atoms with van der Waals surface area (Å²) in [4.78, 5) is 0. The van der Waals surface area contributed by atoms with Crippen molar-refractivity contribution in [3.05, 3.63) is 33.7 Å². The highest BCUT2D eigenvalue weighted by molar-refractivity contribution is 9.10. The molecule has 0 fully saturated rings. The van der Waals surface area contributed by atoms with Crippen molar-refractivity contribution < 1.29 is 14.8 Å². The molecular weight excluding hydrogens is 217 g/mol. The largest absolute Gasteiger partial charge is 0.595 e. The van der Waals surface area contributed by atoms with Gasteiger partial charge in [0.25, 0.3) is 0 Å². The SMILES string of the molecule is [O-][NH+](O)c1cc(Br)ccc1F. The van der Waals surface area contributed by atoms with Gasteiger partial charge in [-0.1, -0.05) is 15.9 Å². The summed E-state index contributed by atoms with van der Waals surface area (Å²) in [6, 6.07) is 3.77. The number of nitrogens with one attached hydrogen (secondary N) is 1. The van der Waals surface area contributed by atoms with E-state index >= 15 is 0 Å². The van der Waals surface area contributed by atoms with Gasteiger partial charge in [-0.15, -0.1) is 0 Å². The summed E-state index contributed by atoms with van der Waals surface area (Å²) in [6.45, 7) is 0. The maximum atomic E-state index is 12.6. The van der Waals surface area contributed by atoms with E-state index in [9.17, 15) is 9.60 Å². The molecule has 1 rings (SSSR count). The van der Waals surface area contributed by atoms with E-state index in [4.69, 9.17) is 5.21 Å². The van der Waals surface area contributed by atoms with Gasteiger partial charge in [-0.2, -0.15) is 5.23 Å². The average molecular weight is 222 g/mol. The highest BCUT2D eigenvalue weighted by atomic mass is 79.9. The van der Waals surface area contributed by atoms with E-state index in [1.54, 1.807) is 0 Å². The quantitative estimate of drug-likeness (QED) is 0.696. The number of halogens is 2. The van der Waals surface area contributed by atoms with Gasteiger partial charge >= 0.3 is 0 Å². The van der Waals surface area contributed by atoms with E-state index in [-0.39, 0.29) is 5.69 Å². The number of hydrogen-bond acceptors (Lipinski definition) is 2. The van der Waals surface area contributed by atoms with Gasteiger partial charge in [0, 0.05) is 10.5 Å². The molecule has 1 aromatic carbocycles. The second kappa shape index (κ2) is 3.27.